The van der Waals surface area contributed by atoms with Gasteiger partial charge in [-0.3, -0.25) is 10.1 Å². The summed E-state index contributed by atoms with van der Waals surface area (Å²) in [6, 6.07) is 15.4. The van der Waals surface area contributed by atoms with Gasteiger partial charge < -0.3 is 9.47 Å². The van der Waals surface area contributed by atoms with Crippen molar-refractivity contribution < 1.29 is 14.3 Å². The van der Waals surface area contributed by atoms with Gasteiger partial charge in [-0.25, -0.2) is 4.98 Å². The standard InChI is InChI=1S/C20H20N2O3S/c1-3-14-8-4-6-10-17(14)25-12-19(23)22-20-21-16(13-26-20)15-9-5-7-11-18(15)24-2/h4-11,13H,3,12H2,1-2H3,(H,21,22,23). The molecule has 0 aliphatic carbocycles. The number of anilines is 1. The molecule has 3 aromatic rings. The number of aryl methyl sites for hydroxylation is 1. The Labute approximate surface area is 156 Å². The smallest absolute Gasteiger partial charge is 0.264 e. The molecule has 1 heterocycles. The molecule has 0 atom stereocenters. The monoisotopic (exact) mass is 368 g/mol. The van der Waals surface area contributed by atoms with Crippen LogP contribution in [0.5, 0.6) is 11.5 Å². The first-order valence-electron chi connectivity index (χ1n) is 8.30. The summed E-state index contributed by atoms with van der Waals surface area (Å²) >= 11 is 1.37. The van der Waals surface area contributed by atoms with E-state index in [1.165, 1.54) is 11.3 Å². The van der Waals surface area contributed by atoms with Gasteiger partial charge in [-0.15, -0.1) is 11.3 Å². The molecule has 0 saturated heterocycles. The van der Waals surface area contributed by atoms with Crippen LogP contribution in [0.1, 0.15) is 12.5 Å². The predicted octanol–water partition coefficient (Wildman–Crippen LogP) is 4.40. The molecule has 6 heteroatoms. The van der Waals surface area contributed by atoms with Crippen LogP contribution in [0, 0.1) is 0 Å². The van der Waals surface area contributed by atoms with E-state index < -0.39 is 0 Å². The molecule has 0 aliphatic rings. The average molecular weight is 368 g/mol. The third kappa shape index (κ3) is 4.21. The summed E-state index contributed by atoms with van der Waals surface area (Å²) in [5.41, 5.74) is 2.73. The number of carbonyl (C=O) groups is 1. The van der Waals surface area contributed by atoms with Gasteiger partial charge in [-0.1, -0.05) is 37.3 Å². The van der Waals surface area contributed by atoms with E-state index in [4.69, 9.17) is 9.47 Å². The van der Waals surface area contributed by atoms with Crippen molar-refractivity contribution in [3.8, 4) is 22.8 Å². The Bertz CT molecular complexity index is 892. The van der Waals surface area contributed by atoms with Gasteiger partial charge in [0.15, 0.2) is 11.7 Å². The number of nitrogens with zero attached hydrogens (tertiary/aromatic N) is 1. The van der Waals surface area contributed by atoms with Crippen molar-refractivity contribution in [1.29, 1.82) is 0 Å². The molecule has 5 nitrogen and oxygen atoms in total. The third-order valence-electron chi connectivity index (χ3n) is 3.85. The van der Waals surface area contributed by atoms with Crippen molar-refractivity contribution in [3.05, 3.63) is 59.5 Å². The molecule has 0 bridgehead atoms. The molecule has 2 aromatic carbocycles. The van der Waals surface area contributed by atoms with Gasteiger partial charge in [0.25, 0.3) is 5.91 Å². The van der Waals surface area contributed by atoms with Gasteiger partial charge in [0, 0.05) is 10.9 Å². The lowest BCUT2D eigenvalue weighted by Gasteiger charge is -2.09. The van der Waals surface area contributed by atoms with Crippen molar-refractivity contribution >= 4 is 22.4 Å². The normalized spacial score (nSPS) is 10.4. The summed E-state index contributed by atoms with van der Waals surface area (Å²) in [6.45, 7) is 2.00. The first-order chi connectivity index (χ1) is 12.7. The van der Waals surface area contributed by atoms with E-state index in [2.05, 4.69) is 17.2 Å². The number of ether oxygens (including phenoxy) is 2. The van der Waals surface area contributed by atoms with E-state index in [0.29, 0.717) is 5.13 Å². The van der Waals surface area contributed by atoms with Crippen molar-refractivity contribution in [1.82, 2.24) is 4.98 Å². The molecule has 0 fully saturated rings. The summed E-state index contributed by atoms with van der Waals surface area (Å²) in [7, 11) is 1.62. The van der Waals surface area contributed by atoms with Crippen LogP contribution in [0.25, 0.3) is 11.3 Å². The van der Waals surface area contributed by atoms with Gasteiger partial charge in [-0.2, -0.15) is 0 Å². The van der Waals surface area contributed by atoms with E-state index in [0.717, 1.165) is 34.7 Å². The zero-order valence-electron chi connectivity index (χ0n) is 14.7. The van der Waals surface area contributed by atoms with Crippen molar-refractivity contribution in [2.75, 3.05) is 19.0 Å². The number of hydrogen-bond donors (Lipinski definition) is 1. The lowest BCUT2D eigenvalue weighted by atomic mass is 10.1. The molecule has 3 rings (SSSR count). The Kier molecular flexibility index (Phi) is 5.86. The van der Waals surface area contributed by atoms with Crippen LogP contribution >= 0.6 is 11.3 Å². The highest BCUT2D eigenvalue weighted by molar-refractivity contribution is 7.14. The molecular formula is C20H20N2O3S. The maximum Gasteiger partial charge on any atom is 0.264 e. The number of carbonyl (C=O) groups excluding carboxylic acids is 1. The van der Waals surface area contributed by atoms with Crippen LogP contribution < -0.4 is 14.8 Å². The van der Waals surface area contributed by atoms with Crippen molar-refractivity contribution in [2.45, 2.75) is 13.3 Å². The number of hydrogen-bond acceptors (Lipinski definition) is 5. The fourth-order valence-electron chi connectivity index (χ4n) is 2.55. The molecule has 1 N–H and O–H groups in total. The zero-order chi connectivity index (χ0) is 18.4. The molecule has 1 aromatic heterocycles. The summed E-state index contributed by atoms with van der Waals surface area (Å²) < 4.78 is 11.0. The second-order valence-corrected chi connectivity index (χ2v) is 6.39. The molecule has 1 amide bonds. The molecule has 0 spiro atoms. The molecule has 26 heavy (non-hydrogen) atoms. The minimum absolute atomic E-state index is 0.0550. The summed E-state index contributed by atoms with van der Waals surface area (Å²) in [5, 5.41) is 5.20. The molecular weight excluding hydrogens is 348 g/mol. The fourth-order valence-corrected chi connectivity index (χ4v) is 3.27. The minimum Gasteiger partial charge on any atom is -0.496 e. The van der Waals surface area contributed by atoms with Crippen LogP contribution in [-0.4, -0.2) is 24.6 Å². The Morgan fingerprint density at radius 1 is 1.12 bits per heavy atom. The number of benzene rings is 2. The topological polar surface area (TPSA) is 60.5 Å². The second-order valence-electron chi connectivity index (χ2n) is 5.54. The first kappa shape index (κ1) is 17.9. The predicted molar refractivity (Wildman–Crippen MR) is 104 cm³/mol. The lowest BCUT2D eigenvalue weighted by Crippen LogP contribution is -2.20. The maximum atomic E-state index is 12.2. The van der Waals surface area contributed by atoms with Crippen molar-refractivity contribution in [3.63, 3.8) is 0 Å². The molecule has 0 aliphatic heterocycles. The summed E-state index contributed by atoms with van der Waals surface area (Å²) in [5.74, 6) is 1.24. The van der Waals surface area contributed by atoms with Gasteiger partial charge in [-0.05, 0) is 30.2 Å². The van der Waals surface area contributed by atoms with Crippen LogP contribution in [0.3, 0.4) is 0 Å². The number of aromatic nitrogens is 1. The summed E-state index contributed by atoms with van der Waals surface area (Å²) in [4.78, 5) is 16.6. The number of nitrogens with one attached hydrogen (secondary N) is 1. The van der Waals surface area contributed by atoms with Gasteiger partial charge >= 0.3 is 0 Å². The summed E-state index contributed by atoms with van der Waals surface area (Å²) in [6.07, 6.45) is 0.854. The molecule has 0 unspecified atom stereocenters. The van der Waals surface area contributed by atoms with Crippen LogP contribution in [0.15, 0.2) is 53.9 Å². The van der Waals surface area contributed by atoms with E-state index in [9.17, 15) is 4.79 Å². The van der Waals surface area contributed by atoms with E-state index in [1.54, 1.807) is 7.11 Å². The third-order valence-corrected chi connectivity index (χ3v) is 4.60. The highest BCUT2D eigenvalue weighted by atomic mass is 32.1. The highest BCUT2D eigenvalue weighted by Gasteiger charge is 2.12. The quantitative estimate of drug-likeness (QED) is 0.671. The van der Waals surface area contributed by atoms with Gasteiger partial charge in [0.1, 0.15) is 11.5 Å². The average Bonchev–Trinajstić information content (AvgIpc) is 3.14. The number of para-hydroxylation sites is 2. The zero-order valence-corrected chi connectivity index (χ0v) is 15.5. The molecule has 0 radical (unpaired) electrons. The number of thiazole rings is 1. The fraction of sp³-hybridized carbons (Fsp3) is 0.200. The van der Waals surface area contributed by atoms with Crippen LogP contribution in [0.4, 0.5) is 5.13 Å². The lowest BCUT2D eigenvalue weighted by molar-refractivity contribution is -0.118. The number of amides is 1. The number of rotatable bonds is 7. The van der Waals surface area contributed by atoms with Gasteiger partial charge in [0.2, 0.25) is 0 Å². The van der Waals surface area contributed by atoms with Crippen LogP contribution in [-0.2, 0) is 11.2 Å². The van der Waals surface area contributed by atoms with Crippen molar-refractivity contribution in [2.24, 2.45) is 0 Å². The van der Waals surface area contributed by atoms with E-state index in [-0.39, 0.29) is 12.5 Å². The SMILES string of the molecule is CCc1ccccc1OCC(=O)Nc1nc(-c2ccccc2OC)cs1. The molecule has 134 valence electrons. The second kappa shape index (κ2) is 8.49. The Morgan fingerprint density at radius 3 is 2.62 bits per heavy atom. The van der Waals surface area contributed by atoms with E-state index in [1.807, 2.05) is 53.9 Å². The highest BCUT2D eigenvalue weighted by Crippen LogP contribution is 2.31. The van der Waals surface area contributed by atoms with Crippen LogP contribution in [0.2, 0.25) is 0 Å². The molecule has 0 saturated carbocycles. The first-order valence-corrected chi connectivity index (χ1v) is 9.18. The largest absolute Gasteiger partial charge is 0.496 e. The van der Waals surface area contributed by atoms with Gasteiger partial charge in [0.05, 0.1) is 12.8 Å². The maximum absolute atomic E-state index is 12.2. The Balaban J connectivity index is 1.63. The Morgan fingerprint density at radius 2 is 1.85 bits per heavy atom. The van der Waals surface area contributed by atoms with E-state index >= 15 is 0 Å². The Hall–Kier alpha value is -2.86. The number of methoxy groups -OCH3 is 1. The minimum atomic E-state index is -0.239.